The summed E-state index contributed by atoms with van der Waals surface area (Å²) in [6, 6.07) is 7.46. The van der Waals surface area contributed by atoms with Crippen LogP contribution in [0.15, 0.2) is 29.4 Å². The third-order valence-electron chi connectivity index (χ3n) is 2.12. The van der Waals surface area contributed by atoms with Crippen LogP contribution < -0.4 is 10.2 Å². The smallest absolute Gasteiger partial charge is 0.428 e. The predicted molar refractivity (Wildman–Crippen MR) is 79.2 cm³/mol. The second-order valence-corrected chi connectivity index (χ2v) is 5.29. The van der Waals surface area contributed by atoms with Gasteiger partial charge >= 0.3 is 6.09 Å². The van der Waals surface area contributed by atoms with Gasteiger partial charge in [0.25, 0.3) is 0 Å². The number of hydrogen-bond donors (Lipinski definition) is 1. The van der Waals surface area contributed by atoms with Crippen molar-refractivity contribution in [2.24, 2.45) is 5.10 Å². The lowest BCUT2D eigenvalue weighted by Gasteiger charge is -2.18. The van der Waals surface area contributed by atoms with Gasteiger partial charge in [0.1, 0.15) is 11.4 Å². The van der Waals surface area contributed by atoms with Crippen LogP contribution in [0, 0.1) is 0 Å². The first-order valence-electron chi connectivity index (χ1n) is 6.65. The fraction of sp³-hybridized carbons (Fsp3) is 0.467. The van der Waals surface area contributed by atoms with Crippen LogP contribution >= 0.6 is 0 Å². The first-order valence-corrected chi connectivity index (χ1v) is 6.65. The molecular weight excluding hydrogens is 256 g/mol. The third-order valence-corrected chi connectivity index (χ3v) is 2.12. The maximum atomic E-state index is 11.4. The summed E-state index contributed by atoms with van der Waals surface area (Å²) in [6.45, 7) is 8.15. The molecule has 1 amide bonds. The van der Waals surface area contributed by atoms with Crippen molar-refractivity contribution in [2.75, 3.05) is 6.61 Å². The molecule has 1 aromatic carbocycles. The number of carbonyl (C=O) groups excluding carboxylic acids is 1. The second-order valence-electron chi connectivity index (χ2n) is 5.29. The number of hydrazone groups is 1. The van der Waals surface area contributed by atoms with Crippen molar-refractivity contribution < 1.29 is 14.3 Å². The van der Waals surface area contributed by atoms with Crippen LogP contribution in [0.2, 0.25) is 0 Å². The van der Waals surface area contributed by atoms with E-state index in [1.807, 2.05) is 24.3 Å². The molecule has 0 unspecified atom stereocenters. The molecule has 0 spiro atoms. The molecule has 20 heavy (non-hydrogen) atoms. The van der Waals surface area contributed by atoms with E-state index < -0.39 is 11.7 Å². The summed E-state index contributed by atoms with van der Waals surface area (Å²) in [6.07, 6.45) is 1.95. The topological polar surface area (TPSA) is 59.9 Å². The van der Waals surface area contributed by atoms with Crippen molar-refractivity contribution >= 4 is 12.3 Å². The van der Waals surface area contributed by atoms with E-state index in [-0.39, 0.29) is 0 Å². The van der Waals surface area contributed by atoms with Crippen molar-refractivity contribution in [1.29, 1.82) is 0 Å². The number of nitrogens with one attached hydrogen (secondary N) is 1. The van der Waals surface area contributed by atoms with E-state index in [0.29, 0.717) is 6.61 Å². The monoisotopic (exact) mass is 278 g/mol. The summed E-state index contributed by atoms with van der Waals surface area (Å²) in [5.74, 6) is 0.823. The molecule has 0 aliphatic carbocycles. The quantitative estimate of drug-likeness (QED) is 0.664. The number of carbonyl (C=O) groups is 1. The minimum absolute atomic E-state index is 0.530. The number of rotatable bonds is 5. The molecule has 1 rings (SSSR count). The predicted octanol–water partition coefficient (Wildman–Crippen LogP) is 3.33. The molecule has 5 nitrogen and oxygen atoms in total. The molecule has 0 aromatic heterocycles. The largest absolute Gasteiger partial charge is 0.494 e. The standard InChI is InChI=1S/C15H22N2O3/c1-5-10-19-13-8-6-12(7-9-13)11-16-17-14(18)20-15(2,3)4/h6-9,11H,5,10H2,1-4H3,(H,17,18)/b16-11-. The van der Waals surface area contributed by atoms with Crippen molar-refractivity contribution in [3.63, 3.8) is 0 Å². The van der Waals surface area contributed by atoms with E-state index in [9.17, 15) is 4.79 Å². The van der Waals surface area contributed by atoms with Gasteiger partial charge in [0, 0.05) is 0 Å². The van der Waals surface area contributed by atoms with E-state index in [0.717, 1.165) is 17.7 Å². The van der Waals surface area contributed by atoms with Crippen LogP contribution in [0.3, 0.4) is 0 Å². The van der Waals surface area contributed by atoms with E-state index in [2.05, 4.69) is 17.5 Å². The van der Waals surface area contributed by atoms with Gasteiger partial charge in [0.05, 0.1) is 12.8 Å². The molecule has 0 heterocycles. The Bertz CT molecular complexity index is 447. The van der Waals surface area contributed by atoms with Crippen LogP contribution in [-0.4, -0.2) is 24.5 Å². The van der Waals surface area contributed by atoms with Crippen LogP contribution in [0.5, 0.6) is 5.75 Å². The lowest BCUT2D eigenvalue weighted by molar-refractivity contribution is 0.0529. The maximum Gasteiger partial charge on any atom is 0.428 e. The van der Waals surface area contributed by atoms with Gasteiger partial charge < -0.3 is 9.47 Å². The number of amides is 1. The molecule has 0 radical (unpaired) electrons. The molecule has 0 aliphatic rings. The van der Waals surface area contributed by atoms with Crippen LogP contribution in [0.25, 0.3) is 0 Å². The maximum absolute atomic E-state index is 11.4. The van der Waals surface area contributed by atoms with Crippen LogP contribution in [-0.2, 0) is 4.74 Å². The van der Waals surface area contributed by atoms with Gasteiger partial charge in [-0.3, -0.25) is 0 Å². The van der Waals surface area contributed by atoms with E-state index in [1.54, 1.807) is 27.0 Å². The number of benzene rings is 1. The lowest BCUT2D eigenvalue weighted by atomic mass is 10.2. The lowest BCUT2D eigenvalue weighted by Crippen LogP contribution is -2.29. The number of ether oxygens (including phenoxy) is 2. The fourth-order valence-electron chi connectivity index (χ4n) is 1.33. The Hall–Kier alpha value is -2.04. The minimum atomic E-state index is -0.573. The van der Waals surface area contributed by atoms with Crippen molar-refractivity contribution in [3.05, 3.63) is 29.8 Å². The number of hydrogen-bond acceptors (Lipinski definition) is 4. The molecule has 0 aliphatic heterocycles. The molecule has 1 aromatic rings. The summed E-state index contributed by atoms with van der Waals surface area (Å²) >= 11 is 0. The molecule has 0 fully saturated rings. The van der Waals surface area contributed by atoms with Crippen LogP contribution in [0.4, 0.5) is 4.79 Å². The normalized spacial score (nSPS) is 11.4. The van der Waals surface area contributed by atoms with Gasteiger partial charge in [-0.2, -0.15) is 5.10 Å². The van der Waals surface area contributed by atoms with Gasteiger partial charge in [-0.15, -0.1) is 0 Å². The SMILES string of the molecule is CCCOc1ccc(/C=N\NC(=O)OC(C)(C)C)cc1. The fourth-order valence-corrected chi connectivity index (χ4v) is 1.33. The van der Waals surface area contributed by atoms with Gasteiger partial charge in [-0.1, -0.05) is 6.92 Å². The molecule has 0 bridgehead atoms. The zero-order valence-corrected chi connectivity index (χ0v) is 12.5. The average molecular weight is 278 g/mol. The highest BCUT2D eigenvalue weighted by molar-refractivity contribution is 5.81. The van der Waals surface area contributed by atoms with E-state index in [1.165, 1.54) is 0 Å². The summed E-state index contributed by atoms with van der Waals surface area (Å²) in [5.41, 5.74) is 2.65. The van der Waals surface area contributed by atoms with Gasteiger partial charge in [-0.25, -0.2) is 10.2 Å². The zero-order chi connectivity index (χ0) is 15.0. The highest BCUT2D eigenvalue weighted by atomic mass is 16.6. The first-order chi connectivity index (χ1) is 9.40. The highest BCUT2D eigenvalue weighted by Gasteiger charge is 2.15. The Morgan fingerprint density at radius 3 is 2.50 bits per heavy atom. The van der Waals surface area contributed by atoms with E-state index >= 15 is 0 Å². The highest BCUT2D eigenvalue weighted by Crippen LogP contribution is 2.11. The Morgan fingerprint density at radius 2 is 1.95 bits per heavy atom. The second kappa shape index (κ2) is 7.53. The molecule has 0 saturated heterocycles. The summed E-state index contributed by atoms with van der Waals surface area (Å²) in [5, 5.41) is 3.83. The average Bonchev–Trinajstić information content (AvgIpc) is 2.35. The Morgan fingerprint density at radius 1 is 1.30 bits per heavy atom. The van der Waals surface area contributed by atoms with E-state index in [4.69, 9.17) is 9.47 Å². The summed E-state index contributed by atoms with van der Waals surface area (Å²) < 4.78 is 10.5. The van der Waals surface area contributed by atoms with Gasteiger partial charge in [0.15, 0.2) is 0 Å². The summed E-state index contributed by atoms with van der Waals surface area (Å²) in [4.78, 5) is 11.4. The Kier molecular flexibility index (Phi) is 6.03. The third kappa shape index (κ3) is 6.78. The molecule has 5 heteroatoms. The van der Waals surface area contributed by atoms with Crippen LogP contribution in [0.1, 0.15) is 39.7 Å². The molecule has 1 N–H and O–H groups in total. The molecular formula is C15H22N2O3. The first kappa shape index (κ1) is 16.0. The minimum Gasteiger partial charge on any atom is -0.494 e. The van der Waals surface area contributed by atoms with Crippen molar-refractivity contribution in [2.45, 2.75) is 39.7 Å². The van der Waals surface area contributed by atoms with Crippen molar-refractivity contribution in [3.8, 4) is 5.75 Å². The zero-order valence-electron chi connectivity index (χ0n) is 12.5. The Labute approximate surface area is 120 Å². The molecule has 0 atom stereocenters. The van der Waals surface area contributed by atoms with Gasteiger partial charge in [-0.05, 0) is 57.0 Å². The van der Waals surface area contributed by atoms with Crippen molar-refractivity contribution in [1.82, 2.24) is 5.43 Å². The molecule has 0 saturated carbocycles. The number of nitrogens with zero attached hydrogens (tertiary/aromatic N) is 1. The Balaban J connectivity index is 2.44. The van der Waals surface area contributed by atoms with Gasteiger partial charge in [0.2, 0.25) is 0 Å². The molecule has 110 valence electrons. The summed E-state index contributed by atoms with van der Waals surface area (Å²) in [7, 11) is 0.